The highest BCUT2D eigenvalue weighted by Gasteiger charge is 2.20. The molecule has 0 aromatic rings. The Hall–Kier alpha value is -0.570. The molecule has 1 rings (SSSR count). The summed E-state index contributed by atoms with van der Waals surface area (Å²) in [5.74, 6) is 0.841. The van der Waals surface area contributed by atoms with Crippen LogP contribution in [0.2, 0.25) is 0 Å². The van der Waals surface area contributed by atoms with Gasteiger partial charge in [-0.2, -0.15) is 0 Å². The lowest BCUT2D eigenvalue weighted by Crippen LogP contribution is -2.36. The van der Waals surface area contributed by atoms with Crippen LogP contribution in [-0.2, 0) is 4.79 Å². The van der Waals surface area contributed by atoms with Gasteiger partial charge in [-0.1, -0.05) is 6.92 Å². The van der Waals surface area contributed by atoms with E-state index >= 15 is 0 Å². The first-order valence-electron chi connectivity index (χ1n) is 5.05. The van der Waals surface area contributed by atoms with Gasteiger partial charge in [-0.15, -0.1) is 0 Å². The summed E-state index contributed by atoms with van der Waals surface area (Å²) in [7, 11) is 0. The maximum absolute atomic E-state index is 11.5. The van der Waals surface area contributed by atoms with Crippen molar-refractivity contribution in [3.63, 3.8) is 0 Å². The molecule has 2 atom stereocenters. The number of carbonyl (C=O) groups excluding carboxylic acids is 1. The number of likely N-dealkylation sites (tertiary alicyclic amines) is 1. The Morgan fingerprint density at radius 3 is 2.92 bits per heavy atom. The summed E-state index contributed by atoms with van der Waals surface area (Å²) in [6.07, 6.45) is 2.30. The van der Waals surface area contributed by atoms with E-state index in [4.69, 9.17) is 0 Å². The normalized spacial score (nSPS) is 27.2. The van der Waals surface area contributed by atoms with Gasteiger partial charge in [0, 0.05) is 19.5 Å². The lowest BCUT2D eigenvalue weighted by molar-refractivity contribution is -0.131. The van der Waals surface area contributed by atoms with E-state index in [1.165, 1.54) is 0 Å². The van der Waals surface area contributed by atoms with Crippen LogP contribution >= 0.6 is 0 Å². The molecule has 1 N–H and O–H groups in total. The van der Waals surface area contributed by atoms with E-state index in [0.717, 1.165) is 19.4 Å². The van der Waals surface area contributed by atoms with Crippen LogP contribution in [0.4, 0.5) is 0 Å². The van der Waals surface area contributed by atoms with Crippen molar-refractivity contribution in [2.75, 3.05) is 13.1 Å². The first-order valence-corrected chi connectivity index (χ1v) is 5.05. The first-order chi connectivity index (χ1) is 6.09. The Morgan fingerprint density at radius 1 is 1.62 bits per heavy atom. The quantitative estimate of drug-likeness (QED) is 0.697. The Labute approximate surface area is 79.7 Å². The SMILES string of the molecule is CC1CCC(=O)N(C[C@@H](C)O)CC1. The summed E-state index contributed by atoms with van der Waals surface area (Å²) < 4.78 is 0. The van der Waals surface area contributed by atoms with E-state index in [2.05, 4.69) is 6.92 Å². The van der Waals surface area contributed by atoms with E-state index < -0.39 is 6.10 Å². The Kier molecular flexibility index (Phi) is 3.72. The van der Waals surface area contributed by atoms with Crippen molar-refractivity contribution in [2.24, 2.45) is 5.92 Å². The van der Waals surface area contributed by atoms with E-state index in [-0.39, 0.29) is 5.91 Å². The third-order valence-corrected chi connectivity index (χ3v) is 2.58. The molecule has 0 bridgehead atoms. The topological polar surface area (TPSA) is 40.5 Å². The molecule has 1 heterocycles. The zero-order valence-corrected chi connectivity index (χ0v) is 8.49. The van der Waals surface area contributed by atoms with E-state index in [0.29, 0.717) is 18.9 Å². The van der Waals surface area contributed by atoms with Crippen molar-refractivity contribution in [3.05, 3.63) is 0 Å². The highest BCUT2D eigenvalue weighted by atomic mass is 16.3. The molecule has 76 valence electrons. The predicted molar refractivity (Wildman–Crippen MR) is 51.3 cm³/mol. The molecule has 1 aliphatic heterocycles. The van der Waals surface area contributed by atoms with Gasteiger partial charge < -0.3 is 10.0 Å². The molecule has 0 aliphatic carbocycles. The zero-order chi connectivity index (χ0) is 9.84. The average Bonchev–Trinajstić information content (AvgIpc) is 2.19. The van der Waals surface area contributed by atoms with Crippen molar-refractivity contribution in [1.82, 2.24) is 4.90 Å². The molecule has 0 aromatic carbocycles. The zero-order valence-electron chi connectivity index (χ0n) is 8.49. The second-order valence-electron chi connectivity index (χ2n) is 4.12. The van der Waals surface area contributed by atoms with Crippen molar-refractivity contribution >= 4 is 5.91 Å². The molecule has 1 amide bonds. The molecule has 3 heteroatoms. The minimum atomic E-state index is -0.405. The van der Waals surface area contributed by atoms with Gasteiger partial charge in [-0.3, -0.25) is 4.79 Å². The smallest absolute Gasteiger partial charge is 0.222 e. The highest BCUT2D eigenvalue weighted by Crippen LogP contribution is 2.17. The van der Waals surface area contributed by atoms with Gasteiger partial charge in [-0.25, -0.2) is 0 Å². The van der Waals surface area contributed by atoms with E-state index in [1.807, 2.05) is 0 Å². The minimum Gasteiger partial charge on any atom is -0.392 e. The summed E-state index contributed by atoms with van der Waals surface area (Å²) in [5.41, 5.74) is 0. The summed E-state index contributed by atoms with van der Waals surface area (Å²) in [6.45, 7) is 5.21. The number of hydrogen-bond donors (Lipinski definition) is 1. The van der Waals surface area contributed by atoms with Gasteiger partial charge in [0.05, 0.1) is 6.10 Å². The third kappa shape index (κ3) is 3.35. The fourth-order valence-electron chi connectivity index (χ4n) is 1.69. The molecule has 0 saturated carbocycles. The molecular weight excluding hydrogens is 166 g/mol. The number of aliphatic hydroxyl groups is 1. The molecule has 1 saturated heterocycles. The number of aliphatic hydroxyl groups excluding tert-OH is 1. The Balaban J connectivity index is 2.47. The molecule has 1 aliphatic rings. The van der Waals surface area contributed by atoms with Crippen LogP contribution in [0.15, 0.2) is 0 Å². The number of hydrogen-bond acceptors (Lipinski definition) is 2. The maximum atomic E-state index is 11.5. The monoisotopic (exact) mass is 185 g/mol. The maximum Gasteiger partial charge on any atom is 0.222 e. The Bertz CT molecular complexity index is 180. The number of β-amino-alcohol motifs (C(OH)–C–C–N with tert-alkyl or cyclic N) is 1. The van der Waals surface area contributed by atoms with Crippen LogP contribution in [0, 0.1) is 5.92 Å². The molecule has 13 heavy (non-hydrogen) atoms. The molecule has 3 nitrogen and oxygen atoms in total. The first kappa shape index (κ1) is 10.5. The van der Waals surface area contributed by atoms with Crippen molar-refractivity contribution in [1.29, 1.82) is 0 Å². The van der Waals surface area contributed by atoms with Gasteiger partial charge in [0.1, 0.15) is 0 Å². The predicted octanol–water partition coefficient (Wildman–Crippen LogP) is 1.02. The number of rotatable bonds is 2. The number of nitrogens with zero attached hydrogens (tertiary/aromatic N) is 1. The molecule has 0 spiro atoms. The van der Waals surface area contributed by atoms with Gasteiger partial charge in [0.25, 0.3) is 0 Å². The second kappa shape index (κ2) is 4.61. The molecule has 0 radical (unpaired) electrons. The van der Waals surface area contributed by atoms with Crippen LogP contribution in [-0.4, -0.2) is 35.1 Å². The Morgan fingerprint density at radius 2 is 2.31 bits per heavy atom. The fraction of sp³-hybridized carbons (Fsp3) is 0.900. The van der Waals surface area contributed by atoms with Gasteiger partial charge in [-0.05, 0) is 25.7 Å². The van der Waals surface area contributed by atoms with Gasteiger partial charge in [0.2, 0.25) is 5.91 Å². The van der Waals surface area contributed by atoms with E-state index in [1.54, 1.807) is 11.8 Å². The molecule has 1 unspecified atom stereocenters. The summed E-state index contributed by atoms with van der Waals surface area (Å²) in [6, 6.07) is 0. The molecular formula is C10H19NO2. The van der Waals surface area contributed by atoms with Gasteiger partial charge in [0.15, 0.2) is 0 Å². The lowest BCUT2D eigenvalue weighted by atomic mass is 10.0. The van der Waals surface area contributed by atoms with Crippen molar-refractivity contribution in [3.8, 4) is 0 Å². The largest absolute Gasteiger partial charge is 0.392 e. The van der Waals surface area contributed by atoms with Crippen LogP contribution < -0.4 is 0 Å². The summed E-state index contributed by atoms with van der Waals surface area (Å²) in [4.78, 5) is 13.3. The lowest BCUT2D eigenvalue weighted by Gasteiger charge is -2.21. The van der Waals surface area contributed by atoms with Crippen LogP contribution in [0.25, 0.3) is 0 Å². The van der Waals surface area contributed by atoms with E-state index in [9.17, 15) is 9.90 Å². The van der Waals surface area contributed by atoms with Crippen LogP contribution in [0.1, 0.15) is 33.1 Å². The molecule has 1 fully saturated rings. The minimum absolute atomic E-state index is 0.199. The third-order valence-electron chi connectivity index (χ3n) is 2.58. The van der Waals surface area contributed by atoms with Crippen molar-refractivity contribution in [2.45, 2.75) is 39.2 Å². The summed E-state index contributed by atoms with van der Waals surface area (Å²) in [5, 5.41) is 9.19. The van der Waals surface area contributed by atoms with Gasteiger partial charge >= 0.3 is 0 Å². The second-order valence-corrected chi connectivity index (χ2v) is 4.12. The standard InChI is InChI=1S/C10H19NO2/c1-8-3-4-10(13)11(6-5-8)7-9(2)12/h8-9,12H,3-7H2,1-2H3/t8?,9-/m1/s1. The number of amides is 1. The fourth-order valence-corrected chi connectivity index (χ4v) is 1.69. The average molecular weight is 185 g/mol. The van der Waals surface area contributed by atoms with Crippen LogP contribution in [0.3, 0.4) is 0 Å². The number of carbonyl (C=O) groups is 1. The van der Waals surface area contributed by atoms with Crippen molar-refractivity contribution < 1.29 is 9.90 Å². The highest BCUT2D eigenvalue weighted by molar-refractivity contribution is 5.76. The molecule has 0 aromatic heterocycles. The van der Waals surface area contributed by atoms with Crippen LogP contribution in [0.5, 0.6) is 0 Å². The summed E-state index contributed by atoms with van der Waals surface area (Å²) >= 11 is 0.